The highest BCUT2D eigenvalue weighted by atomic mass is 19.1. The summed E-state index contributed by atoms with van der Waals surface area (Å²) in [6.45, 7) is 3.40. The Kier molecular flexibility index (Phi) is 4.88. The smallest absolute Gasteiger partial charge is 0.338 e. The molecule has 1 N–H and O–H groups in total. The largest absolute Gasteiger partial charge is 0.452 e. The third kappa shape index (κ3) is 3.91. The summed E-state index contributed by atoms with van der Waals surface area (Å²) in [7, 11) is 0. The minimum atomic E-state index is -0.740. The zero-order chi connectivity index (χ0) is 16.1. The zero-order valence-corrected chi connectivity index (χ0v) is 12.4. The predicted octanol–water partition coefficient (Wildman–Crippen LogP) is 3.24. The van der Waals surface area contributed by atoms with Gasteiger partial charge in [0.1, 0.15) is 5.82 Å². The lowest BCUT2D eigenvalue weighted by molar-refractivity contribution is -0.119. The third-order valence-electron chi connectivity index (χ3n) is 3.27. The molecule has 22 heavy (non-hydrogen) atoms. The number of rotatable bonds is 4. The van der Waals surface area contributed by atoms with Gasteiger partial charge in [-0.2, -0.15) is 0 Å². The van der Waals surface area contributed by atoms with Crippen LogP contribution >= 0.6 is 0 Å². The lowest BCUT2D eigenvalue weighted by atomic mass is 10.1. The Balaban J connectivity index is 1.93. The van der Waals surface area contributed by atoms with Crippen LogP contribution in [0, 0.1) is 19.7 Å². The fraction of sp³-hybridized carbons (Fsp3) is 0.176. The second-order valence-corrected chi connectivity index (χ2v) is 4.88. The molecule has 0 saturated heterocycles. The van der Waals surface area contributed by atoms with Crippen LogP contribution in [0.25, 0.3) is 0 Å². The number of hydrogen-bond acceptors (Lipinski definition) is 3. The second-order valence-electron chi connectivity index (χ2n) is 4.88. The molecule has 4 nitrogen and oxygen atoms in total. The van der Waals surface area contributed by atoms with E-state index in [1.807, 2.05) is 26.0 Å². The summed E-state index contributed by atoms with van der Waals surface area (Å²) < 4.78 is 17.9. The Hall–Kier alpha value is -2.69. The summed E-state index contributed by atoms with van der Waals surface area (Å²) in [5.41, 5.74) is 2.74. The zero-order valence-electron chi connectivity index (χ0n) is 12.4. The first-order valence-electron chi connectivity index (χ1n) is 6.76. The molecule has 2 aromatic rings. The van der Waals surface area contributed by atoms with E-state index in [0.717, 1.165) is 17.2 Å². The van der Waals surface area contributed by atoms with Crippen molar-refractivity contribution in [3.05, 3.63) is 65.0 Å². The molecule has 0 unspecified atom stereocenters. The lowest BCUT2D eigenvalue weighted by Crippen LogP contribution is -2.21. The molecule has 5 heteroatoms. The number of amides is 1. The van der Waals surface area contributed by atoms with Gasteiger partial charge in [0.25, 0.3) is 5.91 Å². The minimum Gasteiger partial charge on any atom is -0.452 e. The molecule has 0 fully saturated rings. The summed E-state index contributed by atoms with van der Waals surface area (Å²) in [4.78, 5) is 23.5. The van der Waals surface area contributed by atoms with Gasteiger partial charge in [0.05, 0.1) is 5.56 Å². The van der Waals surface area contributed by atoms with Crippen molar-refractivity contribution < 1.29 is 18.7 Å². The van der Waals surface area contributed by atoms with Crippen molar-refractivity contribution in [2.24, 2.45) is 0 Å². The van der Waals surface area contributed by atoms with Crippen molar-refractivity contribution in [1.82, 2.24) is 0 Å². The predicted molar refractivity (Wildman–Crippen MR) is 81.2 cm³/mol. The topological polar surface area (TPSA) is 55.4 Å². The maximum Gasteiger partial charge on any atom is 0.338 e. The number of esters is 1. The summed E-state index contributed by atoms with van der Waals surface area (Å²) in [5.74, 6) is -1.72. The standard InChI is InChI=1S/C17H16FNO3/c1-11-5-3-8-15(12(11)2)19-16(20)10-22-17(21)13-6-4-7-14(18)9-13/h3-9H,10H2,1-2H3,(H,19,20). The van der Waals surface area contributed by atoms with Crippen LogP contribution in [-0.2, 0) is 9.53 Å². The van der Waals surface area contributed by atoms with Crippen LogP contribution in [0.1, 0.15) is 21.5 Å². The monoisotopic (exact) mass is 301 g/mol. The average Bonchev–Trinajstić information content (AvgIpc) is 2.49. The third-order valence-corrected chi connectivity index (χ3v) is 3.27. The van der Waals surface area contributed by atoms with E-state index in [1.54, 1.807) is 6.07 Å². The van der Waals surface area contributed by atoms with Gasteiger partial charge >= 0.3 is 5.97 Å². The molecule has 1 amide bonds. The second kappa shape index (κ2) is 6.85. The molecular weight excluding hydrogens is 285 g/mol. The molecule has 2 aromatic carbocycles. The molecule has 0 bridgehead atoms. The number of hydrogen-bond donors (Lipinski definition) is 1. The maximum absolute atomic E-state index is 13.0. The first-order chi connectivity index (χ1) is 10.5. The number of ether oxygens (including phenoxy) is 1. The SMILES string of the molecule is Cc1cccc(NC(=O)COC(=O)c2cccc(F)c2)c1C. The Morgan fingerprint density at radius 3 is 2.59 bits per heavy atom. The van der Waals surface area contributed by atoms with Crippen molar-refractivity contribution in [1.29, 1.82) is 0 Å². The van der Waals surface area contributed by atoms with Gasteiger partial charge in [-0.3, -0.25) is 4.79 Å². The number of halogens is 1. The quantitative estimate of drug-likeness (QED) is 0.882. The number of anilines is 1. The van der Waals surface area contributed by atoms with E-state index in [1.165, 1.54) is 18.2 Å². The van der Waals surface area contributed by atoms with Crippen molar-refractivity contribution in [3.63, 3.8) is 0 Å². The normalized spacial score (nSPS) is 10.1. The fourth-order valence-corrected chi connectivity index (χ4v) is 1.90. The van der Waals surface area contributed by atoms with Gasteiger partial charge in [0.2, 0.25) is 0 Å². The van der Waals surface area contributed by atoms with Gasteiger partial charge in [0, 0.05) is 5.69 Å². The van der Waals surface area contributed by atoms with Crippen LogP contribution in [0.3, 0.4) is 0 Å². The molecule has 0 heterocycles. The van der Waals surface area contributed by atoms with Gasteiger partial charge in [-0.15, -0.1) is 0 Å². The first kappa shape index (κ1) is 15.7. The van der Waals surface area contributed by atoms with Gasteiger partial charge in [-0.1, -0.05) is 18.2 Å². The highest BCUT2D eigenvalue weighted by molar-refractivity contribution is 5.96. The summed E-state index contributed by atoms with van der Waals surface area (Å²) in [6, 6.07) is 10.7. The first-order valence-corrected chi connectivity index (χ1v) is 6.76. The Morgan fingerprint density at radius 2 is 1.86 bits per heavy atom. The highest BCUT2D eigenvalue weighted by Crippen LogP contribution is 2.17. The van der Waals surface area contributed by atoms with E-state index < -0.39 is 24.3 Å². The van der Waals surface area contributed by atoms with Crippen LogP contribution in [0.4, 0.5) is 10.1 Å². The van der Waals surface area contributed by atoms with Gasteiger partial charge in [-0.05, 0) is 49.2 Å². The number of benzene rings is 2. The Morgan fingerprint density at radius 1 is 1.14 bits per heavy atom. The van der Waals surface area contributed by atoms with Crippen LogP contribution < -0.4 is 5.32 Å². The molecule has 2 rings (SSSR count). The van der Waals surface area contributed by atoms with Crippen LogP contribution in [-0.4, -0.2) is 18.5 Å². The number of nitrogens with one attached hydrogen (secondary N) is 1. The van der Waals surface area contributed by atoms with Gasteiger partial charge < -0.3 is 10.1 Å². The van der Waals surface area contributed by atoms with Crippen LogP contribution in [0.15, 0.2) is 42.5 Å². The molecule has 0 aliphatic rings. The van der Waals surface area contributed by atoms with E-state index in [4.69, 9.17) is 4.74 Å². The molecule has 0 saturated carbocycles. The van der Waals surface area contributed by atoms with Gasteiger partial charge in [0.15, 0.2) is 6.61 Å². The van der Waals surface area contributed by atoms with E-state index in [9.17, 15) is 14.0 Å². The molecule has 0 aliphatic carbocycles. The fourth-order valence-electron chi connectivity index (χ4n) is 1.90. The molecule has 0 aliphatic heterocycles. The molecule has 114 valence electrons. The minimum absolute atomic E-state index is 0.0690. The van der Waals surface area contributed by atoms with Gasteiger partial charge in [-0.25, -0.2) is 9.18 Å². The van der Waals surface area contributed by atoms with Crippen molar-refractivity contribution >= 4 is 17.6 Å². The van der Waals surface area contributed by atoms with E-state index in [-0.39, 0.29) is 5.56 Å². The molecule has 0 spiro atoms. The Labute approximate surface area is 127 Å². The number of carbonyl (C=O) groups excluding carboxylic acids is 2. The summed E-state index contributed by atoms with van der Waals surface area (Å²) >= 11 is 0. The van der Waals surface area contributed by atoms with Crippen LogP contribution in [0.2, 0.25) is 0 Å². The summed E-state index contributed by atoms with van der Waals surface area (Å²) in [5, 5.41) is 2.68. The van der Waals surface area contributed by atoms with Crippen molar-refractivity contribution in [2.45, 2.75) is 13.8 Å². The van der Waals surface area contributed by atoms with Crippen molar-refractivity contribution in [3.8, 4) is 0 Å². The average molecular weight is 301 g/mol. The van der Waals surface area contributed by atoms with E-state index in [2.05, 4.69) is 5.32 Å². The highest BCUT2D eigenvalue weighted by Gasteiger charge is 2.12. The maximum atomic E-state index is 13.0. The molecule has 0 aromatic heterocycles. The van der Waals surface area contributed by atoms with Crippen molar-refractivity contribution in [2.75, 3.05) is 11.9 Å². The molecule has 0 radical (unpaired) electrons. The summed E-state index contributed by atoms with van der Waals surface area (Å²) in [6.07, 6.45) is 0. The molecule has 0 atom stereocenters. The number of carbonyl (C=O) groups is 2. The number of aryl methyl sites for hydroxylation is 1. The lowest BCUT2D eigenvalue weighted by Gasteiger charge is -2.10. The van der Waals surface area contributed by atoms with Crippen LogP contribution in [0.5, 0.6) is 0 Å². The Bertz CT molecular complexity index is 713. The van der Waals surface area contributed by atoms with E-state index >= 15 is 0 Å². The van der Waals surface area contributed by atoms with E-state index in [0.29, 0.717) is 5.69 Å². The molecular formula is C17H16FNO3.